The van der Waals surface area contributed by atoms with Crippen LogP contribution in [0.25, 0.3) is 0 Å². The van der Waals surface area contributed by atoms with Crippen molar-refractivity contribution in [3.05, 3.63) is 42.5 Å². The van der Waals surface area contributed by atoms with Gasteiger partial charge in [-0.05, 0) is 31.4 Å². The van der Waals surface area contributed by atoms with E-state index in [0.29, 0.717) is 24.1 Å². The van der Waals surface area contributed by atoms with Crippen LogP contribution in [0.5, 0.6) is 0 Å². The number of allylic oxidation sites excluding steroid dienone is 1. The number of hydrogen-bond acceptors (Lipinski definition) is 4. The number of carbonyl (C=O) groups excluding carboxylic acids is 3. The van der Waals surface area contributed by atoms with Crippen molar-refractivity contribution in [2.24, 2.45) is 0 Å². The van der Waals surface area contributed by atoms with Crippen LogP contribution in [0, 0.1) is 0 Å². The summed E-state index contributed by atoms with van der Waals surface area (Å²) in [6.45, 7) is 4.99. The number of para-hydroxylation sites is 1. The number of hydrogen-bond donors (Lipinski definition) is 2. The molecule has 0 aromatic heterocycles. The summed E-state index contributed by atoms with van der Waals surface area (Å²) in [4.78, 5) is 35.4. The van der Waals surface area contributed by atoms with Crippen molar-refractivity contribution in [1.82, 2.24) is 5.32 Å². The zero-order valence-corrected chi connectivity index (χ0v) is 13.4. The number of benzene rings is 1. The highest BCUT2D eigenvalue weighted by Gasteiger charge is 2.22. The molecule has 6 nitrogen and oxygen atoms in total. The molecule has 1 aromatic rings. The highest BCUT2D eigenvalue weighted by atomic mass is 16.5. The van der Waals surface area contributed by atoms with E-state index in [-0.39, 0.29) is 5.91 Å². The third-order valence-electron chi connectivity index (χ3n) is 3.17. The van der Waals surface area contributed by atoms with Crippen molar-refractivity contribution in [2.45, 2.75) is 32.2 Å². The van der Waals surface area contributed by atoms with E-state index in [4.69, 9.17) is 4.74 Å². The lowest BCUT2D eigenvalue weighted by molar-refractivity contribution is -0.143. The van der Waals surface area contributed by atoms with Gasteiger partial charge in [0.1, 0.15) is 6.04 Å². The quantitative estimate of drug-likeness (QED) is 0.437. The monoisotopic (exact) mass is 318 g/mol. The SMILES string of the molecule is C=CCCC[C@H](NC(=O)c1ccccc1NC(C)=O)C(=O)OC. The molecule has 0 bridgehead atoms. The first-order valence-electron chi connectivity index (χ1n) is 7.35. The second-order valence-corrected chi connectivity index (χ2v) is 5.00. The Morgan fingerprint density at radius 2 is 2.00 bits per heavy atom. The number of anilines is 1. The molecule has 124 valence electrons. The van der Waals surface area contributed by atoms with Crippen LogP contribution < -0.4 is 10.6 Å². The summed E-state index contributed by atoms with van der Waals surface area (Å²) >= 11 is 0. The Bertz CT molecular complexity index is 584. The van der Waals surface area contributed by atoms with Gasteiger partial charge >= 0.3 is 5.97 Å². The Morgan fingerprint density at radius 3 is 2.61 bits per heavy atom. The number of methoxy groups -OCH3 is 1. The van der Waals surface area contributed by atoms with Crippen molar-refractivity contribution >= 4 is 23.5 Å². The maximum absolute atomic E-state index is 12.4. The van der Waals surface area contributed by atoms with E-state index in [1.54, 1.807) is 30.3 Å². The third kappa shape index (κ3) is 5.94. The minimum Gasteiger partial charge on any atom is -0.467 e. The molecule has 0 heterocycles. The van der Waals surface area contributed by atoms with E-state index < -0.39 is 17.9 Å². The Morgan fingerprint density at radius 1 is 1.30 bits per heavy atom. The molecular formula is C17H22N2O4. The van der Waals surface area contributed by atoms with Gasteiger partial charge < -0.3 is 15.4 Å². The van der Waals surface area contributed by atoms with Crippen molar-refractivity contribution in [2.75, 3.05) is 12.4 Å². The summed E-state index contributed by atoms with van der Waals surface area (Å²) in [5.74, 6) is -1.22. The molecule has 23 heavy (non-hydrogen) atoms. The maximum atomic E-state index is 12.4. The number of unbranched alkanes of at least 4 members (excludes halogenated alkanes) is 1. The molecule has 6 heteroatoms. The van der Waals surface area contributed by atoms with Gasteiger partial charge in [0, 0.05) is 6.92 Å². The van der Waals surface area contributed by atoms with Gasteiger partial charge in [-0.15, -0.1) is 6.58 Å². The van der Waals surface area contributed by atoms with Crippen molar-refractivity contribution < 1.29 is 19.1 Å². The first-order chi connectivity index (χ1) is 11.0. The van der Waals surface area contributed by atoms with Crippen LogP contribution >= 0.6 is 0 Å². The highest BCUT2D eigenvalue weighted by molar-refractivity contribution is 6.04. The molecule has 0 radical (unpaired) electrons. The highest BCUT2D eigenvalue weighted by Crippen LogP contribution is 2.15. The van der Waals surface area contributed by atoms with Crippen LogP contribution in [-0.4, -0.2) is 30.9 Å². The van der Waals surface area contributed by atoms with E-state index in [0.717, 1.165) is 6.42 Å². The predicted molar refractivity (Wildman–Crippen MR) is 88.1 cm³/mol. The third-order valence-corrected chi connectivity index (χ3v) is 3.17. The summed E-state index contributed by atoms with van der Waals surface area (Å²) in [5.41, 5.74) is 0.688. The molecule has 0 fully saturated rings. The fourth-order valence-electron chi connectivity index (χ4n) is 2.07. The maximum Gasteiger partial charge on any atom is 0.328 e. The lowest BCUT2D eigenvalue weighted by Crippen LogP contribution is -2.41. The largest absolute Gasteiger partial charge is 0.467 e. The lowest BCUT2D eigenvalue weighted by Gasteiger charge is -2.17. The molecule has 1 atom stereocenters. The lowest BCUT2D eigenvalue weighted by atomic mass is 10.1. The summed E-state index contributed by atoms with van der Waals surface area (Å²) in [6, 6.07) is 5.87. The molecule has 0 saturated heterocycles. The first kappa shape index (κ1) is 18.4. The summed E-state index contributed by atoms with van der Waals surface area (Å²) < 4.78 is 4.73. The van der Waals surface area contributed by atoms with E-state index >= 15 is 0 Å². The Balaban J connectivity index is 2.87. The number of carbonyl (C=O) groups is 3. The van der Waals surface area contributed by atoms with Gasteiger partial charge in [0.15, 0.2) is 0 Å². The van der Waals surface area contributed by atoms with Crippen molar-refractivity contribution in [1.29, 1.82) is 0 Å². The van der Waals surface area contributed by atoms with Gasteiger partial charge in [-0.3, -0.25) is 9.59 Å². The van der Waals surface area contributed by atoms with Gasteiger partial charge in [-0.25, -0.2) is 4.79 Å². The summed E-state index contributed by atoms with van der Waals surface area (Å²) in [5, 5.41) is 5.25. The molecule has 0 spiro atoms. The molecular weight excluding hydrogens is 296 g/mol. The van der Waals surface area contributed by atoms with Crippen LogP contribution in [0.1, 0.15) is 36.5 Å². The molecule has 2 N–H and O–H groups in total. The number of nitrogens with one attached hydrogen (secondary N) is 2. The second kappa shape index (κ2) is 9.40. The van der Waals surface area contributed by atoms with Gasteiger partial charge in [0.2, 0.25) is 5.91 Å². The number of amides is 2. The molecule has 2 amide bonds. The topological polar surface area (TPSA) is 84.5 Å². The Kier molecular flexibility index (Phi) is 7.53. The summed E-state index contributed by atoms with van der Waals surface area (Å²) in [6.07, 6.45) is 3.65. The molecule has 0 saturated carbocycles. The van der Waals surface area contributed by atoms with Gasteiger partial charge in [0.05, 0.1) is 18.4 Å². The van der Waals surface area contributed by atoms with Crippen LogP contribution in [0.4, 0.5) is 5.69 Å². The average Bonchev–Trinajstić information content (AvgIpc) is 2.53. The molecule has 1 aromatic carbocycles. The number of esters is 1. The number of ether oxygens (including phenoxy) is 1. The minimum atomic E-state index is -0.738. The molecule has 0 aliphatic heterocycles. The smallest absolute Gasteiger partial charge is 0.328 e. The van der Waals surface area contributed by atoms with Gasteiger partial charge in [-0.1, -0.05) is 18.2 Å². The van der Waals surface area contributed by atoms with Crippen LogP contribution in [0.2, 0.25) is 0 Å². The Labute approximate surface area is 135 Å². The van der Waals surface area contributed by atoms with Crippen molar-refractivity contribution in [3.63, 3.8) is 0 Å². The van der Waals surface area contributed by atoms with E-state index in [1.807, 2.05) is 0 Å². The molecule has 0 unspecified atom stereocenters. The summed E-state index contributed by atoms with van der Waals surface area (Å²) in [7, 11) is 1.28. The fraction of sp³-hybridized carbons (Fsp3) is 0.353. The molecule has 1 rings (SSSR count). The fourth-order valence-corrected chi connectivity index (χ4v) is 2.07. The Hall–Kier alpha value is -2.63. The first-order valence-corrected chi connectivity index (χ1v) is 7.35. The zero-order valence-electron chi connectivity index (χ0n) is 13.4. The van der Waals surface area contributed by atoms with Crippen LogP contribution in [0.3, 0.4) is 0 Å². The standard InChI is InChI=1S/C17H22N2O4/c1-4-5-6-11-15(17(22)23-3)19-16(21)13-9-7-8-10-14(13)18-12(2)20/h4,7-10,15H,1,5-6,11H2,2-3H3,(H,18,20)(H,19,21)/t15-/m0/s1. The van der Waals surface area contributed by atoms with E-state index in [9.17, 15) is 14.4 Å². The van der Waals surface area contributed by atoms with E-state index in [2.05, 4.69) is 17.2 Å². The number of rotatable bonds is 8. The van der Waals surface area contributed by atoms with Gasteiger partial charge in [0.25, 0.3) is 5.91 Å². The van der Waals surface area contributed by atoms with E-state index in [1.165, 1.54) is 14.0 Å². The van der Waals surface area contributed by atoms with Crippen LogP contribution in [-0.2, 0) is 14.3 Å². The predicted octanol–water partition coefficient (Wildman–Crippen LogP) is 2.27. The zero-order chi connectivity index (χ0) is 17.2. The van der Waals surface area contributed by atoms with Gasteiger partial charge in [-0.2, -0.15) is 0 Å². The normalized spacial score (nSPS) is 11.2. The average molecular weight is 318 g/mol. The minimum absolute atomic E-state index is 0.277. The molecule has 0 aliphatic rings. The van der Waals surface area contributed by atoms with Crippen LogP contribution in [0.15, 0.2) is 36.9 Å². The second-order valence-electron chi connectivity index (χ2n) is 5.00. The van der Waals surface area contributed by atoms with Crippen molar-refractivity contribution in [3.8, 4) is 0 Å². The molecule has 0 aliphatic carbocycles.